The largest absolute Gasteiger partial charge is 0.352 e. The number of hydrogen-bond donors (Lipinski definition) is 1. The lowest BCUT2D eigenvalue weighted by Crippen LogP contribution is -2.36. The highest BCUT2D eigenvalue weighted by Gasteiger charge is 2.41. The maximum Gasteiger partial charge on any atom is 0.170 e. The van der Waals surface area contributed by atoms with E-state index >= 15 is 0 Å². The third-order valence-corrected chi connectivity index (χ3v) is 5.53. The van der Waals surface area contributed by atoms with Crippen LogP contribution in [0.15, 0.2) is 67.0 Å². The number of benzene rings is 1. The second-order valence-corrected chi connectivity index (χ2v) is 7.76. The van der Waals surface area contributed by atoms with Gasteiger partial charge in [-0.05, 0) is 62.7 Å². The van der Waals surface area contributed by atoms with Gasteiger partial charge in [0.1, 0.15) is 5.82 Å². The molecule has 2 atom stereocenters. The zero-order valence-electron chi connectivity index (χ0n) is 16.5. The Kier molecular flexibility index (Phi) is 5.60. The van der Waals surface area contributed by atoms with E-state index in [9.17, 15) is 4.39 Å². The molecule has 1 fully saturated rings. The topological polar surface area (TPSA) is 36.3 Å². The van der Waals surface area contributed by atoms with Crippen LogP contribution in [0.2, 0.25) is 0 Å². The number of rotatable bonds is 6. The predicted molar refractivity (Wildman–Crippen MR) is 116 cm³/mol. The average molecular weight is 410 g/mol. The molecule has 0 radical (unpaired) electrons. The Balaban J connectivity index is 1.79. The van der Waals surface area contributed by atoms with Crippen LogP contribution in [0.1, 0.15) is 23.5 Å². The molecule has 7 heteroatoms. The Bertz CT molecular complexity index is 988. The molecule has 3 aromatic rings. The van der Waals surface area contributed by atoms with Gasteiger partial charge in [-0.3, -0.25) is 4.98 Å². The number of pyridine rings is 1. The van der Waals surface area contributed by atoms with Gasteiger partial charge in [-0.1, -0.05) is 18.2 Å². The van der Waals surface area contributed by atoms with Gasteiger partial charge < -0.3 is 19.7 Å². The van der Waals surface area contributed by atoms with Crippen LogP contribution in [0.5, 0.6) is 0 Å². The van der Waals surface area contributed by atoms with E-state index < -0.39 is 0 Å². The van der Waals surface area contributed by atoms with E-state index in [0.717, 1.165) is 24.5 Å². The van der Waals surface area contributed by atoms with Crippen molar-refractivity contribution < 1.29 is 4.39 Å². The molecule has 4 rings (SSSR count). The molecule has 3 heterocycles. The quantitative estimate of drug-likeness (QED) is 0.630. The molecule has 0 bridgehead atoms. The minimum atomic E-state index is -0.257. The van der Waals surface area contributed by atoms with E-state index in [2.05, 4.69) is 20.1 Å². The monoisotopic (exact) mass is 409 g/mol. The van der Waals surface area contributed by atoms with Crippen molar-refractivity contribution in [3.63, 3.8) is 0 Å². The molecule has 0 aliphatic carbocycles. The second kappa shape index (κ2) is 8.31. The first-order valence-electron chi connectivity index (χ1n) is 9.61. The lowest BCUT2D eigenvalue weighted by Gasteiger charge is -2.29. The summed E-state index contributed by atoms with van der Waals surface area (Å²) in [5, 5.41) is 4.13. The molecule has 0 amide bonds. The molecule has 5 nitrogen and oxygen atoms in total. The summed E-state index contributed by atoms with van der Waals surface area (Å²) in [6, 6.07) is 16.5. The number of hydrogen-bond acceptors (Lipinski definition) is 3. The molecule has 1 aromatic carbocycles. The van der Waals surface area contributed by atoms with E-state index in [1.807, 2.05) is 61.3 Å². The average Bonchev–Trinajstić information content (AvgIpc) is 3.31. The number of nitrogens with one attached hydrogen (secondary N) is 1. The molecule has 2 aromatic heterocycles. The van der Waals surface area contributed by atoms with Gasteiger partial charge in [0.25, 0.3) is 0 Å². The summed E-state index contributed by atoms with van der Waals surface area (Å²) >= 11 is 5.69. The SMILES string of the molecule is CN(C)CCN1C(=S)N[C@@H](c2ccccn2)[C@H]1c1cccn1-c1ccccc1F. The molecule has 29 heavy (non-hydrogen) atoms. The van der Waals surface area contributed by atoms with Crippen molar-refractivity contribution in [2.45, 2.75) is 12.1 Å². The molecular weight excluding hydrogens is 385 g/mol. The van der Waals surface area contributed by atoms with Gasteiger partial charge in [0.2, 0.25) is 0 Å². The molecule has 1 aliphatic heterocycles. The van der Waals surface area contributed by atoms with E-state index in [-0.39, 0.29) is 17.9 Å². The van der Waals surface area contributed by atoms with Gasteiger partial charge in [-0.25, -0.2) is 4.39 Å². The maximum absolute atomic E-state index is 14.6. The van der Waals surface area contributed by atoms with Crippen LogP contribution in [0.4, 0.5) is 4.39 Å². The van der Waals surface area contributed by atoms with Crippen LogP contribution >= 0.6 is 12.2 Å². The molecule has 0 unspecified atom stereocenters. The zero-order chi connectivity index (χ0) is 20.4. The molecule has 0 spiro atoms. The molecule has 150 valence electrons. The fourth-order valence-corrected chi connectivity index (χ4v) is 4.11. The van der Waals surface area contributed by atoms with Crippen LogP contribution in [0.25, 0.3) is 5.69 Å². The van der Waals surface area contributed by atoms with Crippen molar-refractivity contribution in [1.82, 2.24) is 24.7 Å². The van der Waals surface area contributed by atoms with E-state index in [4.69, 9.17) is 12.2 Å². The summed E-state index contributed by atoms with van der Waals surface area (Å²) in [7, 11) is 4.08. The molecular formula is C22H24FN5S. The first-order chi connectivity index (χ1) is 14.1. The van der Waals surface area contributed by atoms with Crippen LogP contribution in [0, 0.1) is 5.82 Å². The number of nitrogens with zero attached hydrogens (tertiary/aromatic N) is 4. The van der Waals surface area contributed by atoms with Gasteiger partial charge in [-0.15, -0.1) is 0 Å². The van der Waals surface area contributed by atoms with Crippen LogP contribution < -0.4 is 5.32 Å². The van der Waals surface area contributed by atoms with Crippen molar-refractivity contribution >= 4 is 17.3 Å². The zero-order valence-corrected chi connectivity index (χ0v) is 17.3. The fourth-order valence-electron chi connectivity index (χ4n) is 3.78. The summed E-state index contributed by atoms with van der Waals surface area (Å²) in [4.78, 5) is 8.87. The normalized spacial score (nSPS) is 19.0. The van der Waals surface area contributed by atoms with Crippen molar-refractivity contribution in [3.8, 4) is 5.69 Å². The van der Waals surface area contributed by atoms with Crippen molar-refractivity contribution in [3.05, 3.63) is 84.2 Å². The Morgan fingerprint density at radius 2 is 1.90 bits per heavy atom. The smallest absolute Gasteiger partial charge is 0.170 e. The van der Waals surface area contributed by atoms with E-state index in [1.54, 1.807) is 18.3 Å². The van der Waals surface area contributed by atoms with Gasteiger partial charge in [0.05, 0.1) is 23.5 Å². The summed E-state index contributed by atoms with van der Waals surface area (Å²) in [5.74, 6) is -0.257. The second-order valence-electron chi connectivity index (χ2n) is 7.38. The molecule has 1 N–H and O–H groups in total. The number of aromatic nitrogens is 2. The summed E-state index contributed by atoms with van der Waals surface area (Å²) in [6.45, 7) is 1.61. The first-order valence-corrected chi connectivity index (χ1v) is 10.0. The highest BCUT2D eigenvalue weighted by Crippen LogP contribution is 2.39. The lowest BCUT2D eigenvalue weighted by molar-refractivity contribution is 0.272. The Morgan fingerprint density at radius 1 is 1.10 bits per heavy atom. The van der Waals surface area contributed by atoms with E-state index in [1.165, 1.54) is 6.07 Å². The highest BCUT2D eigenvalue weighted by atomic mass is 32.1. The van der Waals surface area contributed by atoms with Gasteiger partial charge in [0, 0.05) is 31.2 Å². The van der Waals surface area contributed by atoms with Crippen LogP contribution in [-0.4, -0.2) is 51.6 Å². The number of thiocarbonyl (C=S) groups is 1. The summed E-state index contributed by atoms with van der Waals surface area (Å²) in [5.41, 5.74) is 2.41. The summed E-state index contributed by atoms with van der Waals surface area (Å²) < 4.78 is 16.5. The molecule has 1 saturated heterocycles. The van der Waals surface area contributed by atoms with Gasteiger partial charge >= 0.3 is 0 Å². The fraction of sp³-hybridized carbons (Fsp3) is 0.273. The molecule has 0 saturated carbocycles. The standard InChI is InChI=1S/C22H24FN5S/c1-26(2)14-15-28-21(20(25-22(28)29)17-9-5-6-12-24-17)19-11-7-13-27(19)18-10-4-3-8-16(18)23/h3-13,20-21H,14-15H2,1-2H3,(H,25,29)/t20-,21+/m0/s1. The van der Waals surface area contributed by atoms with Gasteiger partial charge in [0.15, 0.2) is 5.11 Å². The Morgan fingerprint density at radius 3 is 2.62 bits per heavy atom. The Hall–Kier alpha value is -2.77. The highest BCUT2D eigenvalue weighted by molar-refractivity contribution is 7.80. The van der Waals surface area contributed by atoms with Crippen molar-refractivity contribution in [1.29, 1.82) is 0 Å². The third kappa shape index (κ3) is 3.88. The lowest BCUT2D eigenvalue weighted by atomic mass is 10.0. The van der Waals surface area contributed by atoms with Gasteiger partial charge in [-0.2, -0.15) is 0 Å². The van der Waals surface area contributed by atoms with Crippen LogP contribution in [-0.2, 0) is 0 Å². The van der Waals surface area contributed by atoms with Crippen molar-refractivity contribution in [2.75, 3.05) is 27.2 Å². The number of halogens is 1. The minimum absolute atomic E-state index is 0.105. The molecule has 1 aliphatic rings. The maximum atomic E-state index is 14.6. The van der Waals surface area contributed by atoms with Crippen LogP contribution in [0.3, 0.4) is 0 Å². The third-order valence-electron chi connectivity index (χ3n) is 5.18. The summed E-state index contributed by atoms with van der Waals surface area (Å²) in [6.07, 6.45) is 3.68. The predicted octanol–water partition coefficient (Wildman–Crippen LogP) is 3.55. The van der Waals surface area contributed by atoms with Crippen molar-refractivity contribution in [2.24, 2.45) is 0 Å². The first kappa shape index (κ1) is 19.5. The minimum Gasteiger partial charge on any atom is -0.352 e. The Labute approximate surface area is 175 Å². The number of para-hydroxylation sites is 1. The number of likely N-dealkylation sites (N-methyl/N-ethyl adjacent to an activating group) is 1. The van der Waals surface area contributed by atoms with E-state index in [0.29, 0.717) is 10.8 Å².